The molecule has 0 atom stereocenters. The van der Waals surface area contributed by atoms with Crippen LogP contribution in [-0.2, 0) is 4.79 Å². The van der Waals surface area contributed by atoms with Crippen LogP contribution < -0.4 is 5.32 Å². The molecule has 1 aliphatic rings. The Bertz CT molecular complexity index is 291. The van der Waals surface area contributed by atoms with Gasteiger partial charge in [0, 0.05) is 25.0 Å². The molecule has 1 amide bonds. The van der Waals surface area contributed by atoms with Crippen LogP contribution in [0.3, 0.4) is 0 Å². The van der Waals surface area contributed by atoms with Crippen molar-refractivity contribution in [1.82, 2.24) is 10.2 Å². The number of carbonyl (C=O) groups is 1. The van der Waals surface area contributed by atoms with Crippen molar-refractivity contribution in [2.45, 2.75) is 70.4 Å². The number of aliphatic hydroxyl groups is 1. The Morgan fingerprint density at radius 1 is 1.32 bits per heavy atom. The molecule has 4 heteroatoms. The van der Waals surface area contributed by atoms with Crippen molar-refractivity contribution in [2.24, 2.45) is 0 Å². The summed E-state index contributed by atoms with van der Waals surface area (Å²) >= 11 is 0. The van der Waals surface area contributed by atoms with E-state index >= 15 is 0 Å². The van der Waals surface area contributed by atoms with Gasteiger partial charge in [-0.1, -0.05) is 19.3 Å². The SMILES string of the molecule is CCN(CC(C)(C)O)C(=O)CC1(NC)CCCCC1. The lowest BCUT2D eigenvalue weighted by Crippen LogP contribution is -2.50. The number of hydrogen-bond acceptors (Lipinski definition) is 3. The molecule has 0 unspecified atom stereocenters. The van der Waals surface area contributed by atoms with Crippen molar-refractivity contribution in [3.63, 3.8) is 0 Å². The van der Waals surface area contributed by atoms with Crippen LogP contribution in [0, 0.1) is 0 Å². The lowest BCUT2D eigenvalue weighted by Gasteiger charge is -2.38. The molecular weight excluding hydrogens is 240 g/mol. The monoisotopic (exact) mass is 270 g/mol. The molecule has 0 bridgehead atoms. The van der Waals surface area contributed by atoms with Crippen LogP contribution in [0.5, 0.6) is 0 Å². The Kier molecular flexibility index (Phi) is 5.81. The topological polar surface area (TPSA) is 52.6 Å². The number of rotatable bonds is 6. The van der Waals surface area contributed by atoms with E-state index in [0.717, 1.165) is 12.8 Å². The van der Waals surface area contributed by atoms with Crippen LogP contribution in [0.25, 0.3) is 0 Å². The summed E-state index contributed by atoms with van der Waals surface area (Å²) in [5.41, 5.74) is -0.854. The van der Waals surface area contributed by atoms with Gasteiger partial charge < -0.3 is 15.3 Å². The van der Waals surface area contributed by atoms with Crippen molar-refractivity contribution < 1.29 is 9.90 Å². The van der Waals surface area contributed by atoms with E-state index in [-0.39, 0.29) is 11.4 Å². The molecule has 0 heterocycles. The van der Waals surface area contributed by atoms with E-state index in [1.54, 1.807) is 18.7 Å². The van der Waals surface area contributed by atoms with Gasteiger partial charge in [0.05, 0.1) is 5.60 Å². The van der Waals surface area contributed by atoms with E-state index in [4.69, 9.17) is 0 Å². The average molecular weight is 270 g/mol. The van der Waals surface area contributed by atoms with Crippen molar-refractivity contribution >= 4 is 5.91 Å². The molecule has 19 heavy (non-hydrogen) atoms. The first-order valence-electron chi connectivity index (χ1n) is 7.51. The maximum absolute atomic E-state index is 12.5. The summed E-state index contributed by atoms with van der Waals surface area (Å²) in [6.07, 6.45) is 6.38. The predicted molar refractivity (Wildman–Crippen MR) is 78.0 cm³/mol. The molecule has 0 saturated heterocycles. The number of carbonyl (C=O) groups excluding carboxylic acids is 1. The van der Waals surface area contributed by atoms with Gasteiger partial charge in [0.1, 0.15) is 0 Å². The van der Waals surface area contributed by atoms with E-state index in [9.17, 15) is 9.90 Å². The second-order valence-electron chi connectivity index (χ2n) is 6.49. The van der Waals surface area contributed by atoms with E-state index in [0.29, 0.717) is 19.5 Å². The van der Waals surface area contributed by atoms with Gasteiger partial charge in [0.25, 0.3) is 0 Å². The fourth-order valence-corrected chi connectivity index (χ4v) is 2.99. The van der Waals surface area contributed by atoms with Gasteiger partial charge in [0.2, 0.25) is 5.91 Å². The predicted octanol–water partition coefficient (Wildman–Crippen LogP) is 1.92. The zero-order valence-corrected chi connectivity index (χ0v) is 13.0. The lowest BCUT2D eigenvalue weighted by atomic mass is 9.79. The van der Waals surface area contributed by atoms with Gasteiger partial charge in [-0.15, -0.1) is 0 Å². The third-order valence-electron chi connectivity index (χ3n) is 4.14. The Morgan fingerprint density at radius 3 is 2.32 bits per heavy atom. The molecule has 0 aromatic carbocycles. The van der Waals surface area contributed by atoms with Gasteiger partial charge >= 0.3 is 0 Å². The normalized spacial score (nSPS) is 19.2. The standard InChI is InChI=1S/C15H30N2O2/c1-5-17(12-14(2,3)19)13(18)11-15(16-4)9-7-6-8-10-15/h16,19H,5-12H2,1-4H3. The summed E-state index contributed by atoms with van der Waals surface area (Å²) in [5.74, 6) is 0.154. The molecule has 1 aliphatic carbocycles. The number of nitrogens with zero attached hydrogens (tertiary/aromatic N) is 1. The third kappa shape index (κ3) is 5.11. The molecule has 4 nitrogen and oxygen atoms in total. The first-order chi connectivity index (χ1) is 8.82. The lowest BCUT2D eigenvalue weighted by molar-refractivity contribution is -0.135. The molecule has 1 rings (SSSR count). The minimum Gasteiger partial charge on any atom is -0.389 e. The van der Waals surface area contributed by atoms with E-state index in [1.165, 1.54) is 19.3 Å². The minimum atomic E-state index is -0.828. The summed E-state index contributed by atoms with van der Waals surface area (Å²) in [5, 5.41) is 13.3. The van der Waals surface area contributed by atoms with Gasteiger partial charge in [-0.05, 0) is 40.7 Å². The van der Waals surface area contributed by atoms with Crippen molar-refractivity contribution in [3.05, 3.63) is 0 Å². The quantitative estimate of drug-likeness (QED) is 0.775. The Hall–Kier alpha value is -0.610. The molecule has 0 spiro atoms. The highest BCUT2D eigenvalue weighted by Crippen LogP contribution is 2.31. The van der Waals surface area contributed by atoms with Crippen LogP contribution in [0.4, 0.5) is 0 Å². The molecule has 1 fully saturated rings. The summed E-state index contributed by atoms with van der Waals surface area (Å²) in [6, 6.07) is 0. The molecule has 1 saturated carbocycles. The molecule has 0 aliphatic heterocycles. The highest BCUT2D eigenvalue weighted by molar-refractivity contribution is 5.77. The largest absolute Gasteiger partial charge is 0.389 e. The van der Waals surface area contributed by atoms with Gasteiger partial charge in [0.15, 0.2) is 0 Å². The van der Waals surface area contributed by atoms with Gasteiger partial charge in [-0.2, -0.15) is 0 Å². The van der Waals surface area contributed by atoms with Crippen molar-refractivity contribution in [1.29, 1.82) is 0 Å². The minimum absolute atomic E-state index is 0.0254. The highest BCUT2D eigenvalue weighted by atomic mass is 16.3. The van der Waals surface area contributed by atoms with E-state index < -0.39 is 5.60 Å². The molecule has 112 valence electrons. The Balaban J connectivity index is 2.64. The second kappa shape index (κ2) is 6.71. The highest BCUT2D eigenvalue weighted by Gasteiger charge is 2.34. The van der Waals surface area contributed by atoms with Crippen molar-refractivity contribution in [2.75, 3.05) is 20.1 Å². The first-order valence-corrected chi connectivity index (χ1v) is 7.51. The zero-order chi connectivity index (χ0) is 14.5. The summed E-state index contributed by atoms with van der Waals surface area (Å²) in [7, 11) is 1.96. The fraction of sp³-hybridized carbons (Fsp3) is 0.933. The maximum atomic E-state index is 12.5. The third-order valence-corrected chi connectivity index (χ3v) is 4.14. The molecule has 0 radical (unpaired) electrons. The van der Waals surface area contributed by atoms with E-state index in [1.807, 2.05) is 14.0 Å². The Labute approximate surface area is 117 Å². The zero-order valence-electron chi connectivity index (χ0n) is 13.0. The van der Waals surface area contributed by atoms with Gasteiger partial charge in [-0.3, -0.25) is 4.79 Å². The average Bonchev–Trinajstić information content (AvgIpc) is 2.36. The first kappa shape index (κ1) is 16.4. The number of hydrogen-bond donors (Lipinski definition) is 2. The van der Waals surface area contributed by atoms with Crippen LogP contribution >= 0.6 is 0 Å². The summed E-state index contributed by atoms with van der Waals surface area (Å²) in [4.78, 5) is 14.2. The number of nitrogens with one attached hydrogen (secondary N) is 1. The van der Waals surface area contributed by atoms with Crippen LogP contribution in [0.15, 0.2) is 0 Å². The second-order valence-corrected chi connectivity index (χ2v) is 6.49. The number of amides is 1. The van der Waals surface area contributed by atoms with E-state index in [2.05, 4.69) is 5.32 Å². The van der Waals surface area contributed by atoms with Crippen LogP contribution in [-0.4, -0.2) is 47.2 Å². The van der Waals surface area contributed by atoms with Crippen LogP contribution in [0.2, 0.25) is 0 Å². The smallest absolute Gasteiger partial charge is 0.224 e. The van der Waals surface area contributed by atoms with Gasteiger partial charge in [-0.25, -0.2) is 0 Å². The summed E-state index contributed by atoms with van der Waals surface area (Å²) < 4.78 is 0. The molecular formula is C15H30N2O2. The molecule has 0 aromatic rings. The molecule has 2 N–H and O–H groups in total. The van der Waals surface area contributed by atoms with Crippen LogP contribution in [0.1, 0.15) is 59.3 Å². The summed E-state index contributed by atoms with van der Waals surface area (Å²) in [6.45, 7) is 6.52. The van der Waals surface area contributed by atoms with Crippen molar-refractivity contribution in [3.8, 4) is 0 Å². The number of likely N-dealkylation sites (N-methyl/N-ethyl adjacent to an activating group) is 1. The molecule has 0 aromatic heterocycles. The fourth-order valence-electron chi connectivity index (χ4n) is 2.99. The Morgan fingerprint density at radius 2 is 1.89 bits per heavy atom. The maximum Gasteiger partial charge on any atom is 0.224 e.